The van der Waals surface area contributed by atoms with E-state index >= 15 is 0 Å². The fraction of sp³-hybridized carbons (Fsp3) is 0.0870. The summed E-state index contributed by atoms with van der Waals surface area (Å²) in [5.74, 6) is 1.08. The Morgan fingerprint density at radius 3 is 2.43 bits per heavy atom. The fourth-order valence-corrected chi connectivity index (χ4v) is 3.25. The number of carbonyl (C=O) groups is 1. The molecule has 0 aliphatic rings. The van der Waals surface area contributed by atoms with Crippen molar-refractivity contribution in [2.45, 2.75) is 6.92 Å². The number of aromatic nitrogens is 2. The van der Waals surface area contributed by atoms with Gasteiger partial charge in [0.1, 0.15) is 11.6 Å². The van der Waals surface area contributed by atoms with E-state index in [-0.39, 0.29) is 5.91 Å². The van der Waals surface area contributed by atoms with Gasteiger partial charge in [-0.1, -0.05) is 24.3 Å². The molecule has 0 bridgehead atoms. The van der Waals surface area contributed by atoms with Gasteiger partial charge in [-0.15, -0.1) is 0 Å². The highest BCUT2D eigenvalue weighted by molar-refractivity contribution is 6.14. The van der Waals surface area contributed by atoms with Crippen molar-refractivity contribution in [3.8, 4) is 17.0 Å². The number of hydrogen-bond acceptors (Lipinski definition) is 4. The molecule has 0 atom stereocenters. The Kier molecular flexibility index (Phi) is 4.72. The number of fused-ring (bicyclic) bond motifs is 1. The molecular weight excluding hydrogens is 350 g/mol. The third-order valence-electron chi connectivity index (χ3n) is 4.63. The van der Waals surface area contributed by atoms with Crippen molar-refractivity contribution in [3.05, 3.63) is 84.1 Å². The largest absolute Gasteiger partial charge is 0.497 e. The number of anilines is 1. The van der Waals surface area contributed by atoms with Gasteiger partial charge >= 0.3 is 0 Å². The topological polar surface area (TPSA) is 64.1 Å². The summed E-state index contributed by atoms with van der Waals surface area (Å²) in [5, 5.41) is 3.70. The zero-order chi connectivity index (χ0) is 19.5. The van der Waals surface area contributed by atoms with Crippen molar-refractivity contribution in [3.63, 3.8) is 0 Å². The summed E-state index contributed by atoms with van der Waals surface area (Å²) in [6.45, 7) is 1.92. The number of pyridine rings is 2. The first-order valence-corrected chi connectivity index (χ1v) is 8.93. The van der Waals surface area contributed by atoms with E-state index in [1.807, 2.05) is 67.6 Å². The van der Waals surface area contributed by atoms with Crippen LogP contribution in [-0.4, -0.2) is 23.0 Å². The van der Waals surface area contributed by atoms with E-state index in [2.05, 4.69) is 10.3 Å². The van der Waals surface area contributed by atoms with Crippen LogP contribution in [0.15, 0.2) is 72.9 Å². The number of benzene rings is 2. The predicted molar refractivity (Wildman–Crippen MR) is 111 cm³/mol. The number of para-hydroxylation sites is 1. The first-order valence-electron chi connectivity index (χ1n) is 8.93. The molecule has 0 spiro atoms. The van der Waals surface area contributed by atoms with Gasteiger partial charge in [-0.05, 0) is 55.0 Å². The number of nitrogens with one attached hydrogen (secondary N) is 1. The van der Waals surface area contributed by atoms with Crippen LogP contribution in [0.4, 0.5) is 5.82 Å². The molecule has 1 amide bonds. The molecule has 2 aromatic carbocycles. The molecule has 0 fully saturated rings. The van der Waals surface area contributed by atoms with Crippen LogP contribution in [0.5, 0.6) is 5.75 Å². The summed E-state index contributed by atoms with van der Waals surface area (Å²) in [6, 6.07) is 20.7. The average Bonchev–Trinajstić information content (AvgIpc) is 2.74. The minimum atomic E-state index is -0.204. The number of amides is 1. The van der Waals surface area contributed by atoms with Gasteiger partial charge in [-0.2, -0.15) is 0 Å². The number of methoxy groups -OCH3 is 1. The number of ether oxygens (including phenoxy) is 1. The molecule has 5 heteroatoms. The van der Waals surface area contributed by atoms with Crippen LogP contribution in [0.2, 0.25) is 0 Å². The van der Waals surface area contributed by atoms with Crippen LogP contribution in [0, 0.1) is 6.92 Å². The van der Waals surface area contributed by atoms with Gasteiger partial charge in [0.25, 0.3) is 5.91 Å². The molecule has 28 heavy (non-hydrogen) atoms. The van der Waals surface area contributed by atoms with Crippen molar-refractivity contribution in [1.82, 2.24) is 9.97 Å². The molecule has 2 heterocycles. The monoisotopic (exact) mass is 369 g/mol. The van der Waals surface area contributed by atoms with Crippen LogP contribution in [-0.2, 0) is 0 Å². The second kappa shape index (κ2) is 7.48. The molecule has 5 nitrogen and oxygen atoms in total. The smallest absolute Gasteiger partial charge is 0.257 e. The molecule has 138 valence electrons. The van der Waals surface area contributed by atoms with E-state index in [1.165, 1.54) is 0 Å². The van der Waals surface area contributed by atoms with E-state index in [1.54, 1.807) is 19.4 Å². The first-order chi connectivity index (χ1) is 13.7. The van der Waals surface area contributed by atoms with Crippen LogP contribution in [0.3, 0.4) is 0 Å². The van der Waals surface area contributed by atoms with Gasteiger partial charge in [0, 0.05) is 17.1 Å². The van der Waals surface area contributed by atoms with Crippen LogP contribution in [0.25, 0.3) is 22.2 Å². The lowest BCUT2D eigenvalue weighted by atomic mass is 9.97. The SMILES string of the molecule is COc1ccc(-c2nc3ccccc3c(C(=O)Nc3ccccn3)c2C)cc1. The lowest BCUT2D eigenvalue weighted by molar-refractivity contribution is 0.102. The van der Waals surface area contributed by atoms with Crippen molar-refractivity contribution < 1.29 is 9.53 Å². The first kappa shape index (κ1) is 17.7. The lowest BCUT2D eigenvalue weighted by Crippen LogP contribution is -2.16. The molecule has 0 aliphatic heterocycles. The Morgan fingerprint density at radius 2 is 1.71 bits per heavy atom. The summed E-state index contributed by atoms with van der Waals surface area (Å²) in [5.41, 5.74) is 3.88. The van der Waals surface area contributed by atoms with Gasteiger partial charge in [0.05, 0.1) is 23.9 Å². The van der Waals surface area contributed by atoms with Gasteiger partial charge in [0.15, 0.2) is 0 Å². The van der Waals surface area contributed by atoms with E-state index in [0.29, 0.717) is 11.4 Å². The third-order valence-corrected chi connectivity index (χ3v) is 4.63. The highest BCUT2D eigenvalue weighted by Gasteiger charge is 2.19. The second-order valence-electron chi connectivity index (χ2n) is 6.38. The third kappa shape index (κ3) is 3.30. The highest BCUT2D eigenvalue weighted by atomic mass is 16.5. The summed E-state index contributed by atoms with van der Waals surface area (Å²) < 4.78 is 5.24. The number of nitrogens with zero attached hydrogens (tertiary/aromatic N) is 2. The van der Waals surface area contributed by atoms with Crippen LogP contribution >= 0.6 is 0 Å². The molecule has 1 N–H and O–H groups in total. The van der Waals surface area contributed by atoms with Crippen molar-refractivity contribution in [2.24, 2.45) is 0 Å². The molecule has 0 saturated carbocycles. The summed E-state index contributed by atoms with van der Waals surface area (Å²) in [7, 11) is 1.63. The molecule has 2 aromatic heterocycles. The van der Waals surface area contributed by atoms with Crippen LogP contribution < -0.4 is 10.1 Å². The van der Waals surface area contributed by atoms with E-state index < -0.39 is 0 Å². The van der Waals surface area contributed by atoms with Gasteiger partial charge in [-0.3, -0.25) is 4.79 Å². The summed E-state index contributed by atoms with van der Waals surface area (Å²) >= 11 is 0. The maximum atomic E-state index is 13.1. The fourth-order valence-electron chi connectivity index (χ4n) is 3.25. The minimum absolute atomic E-state index is 0.204. The summed E-state index contributed by atoms with van der Waals surface area (Å²) in [4.78, 5) is 22.1. The minimum Gasteiger partial charge on any atom is -0.497 e. The van der Waals surface area contributed by atoms with E-state index in [4.69, 9.17) is 9.72 Å². The van der Waals surface area contributed by atoms with Crippen molar-refractivity contribution in [1.29, 1.82) is 0 Å². The molecule has 4 rings (SSSR count). The predicted octanol–water partition coefficient (Wildman–Crippen LogP) is 4.87. The van der Waals surface area contributed by atoms with Gasteiger partial charge in [0.2, 0.25) is 0 Å². The standard InChI is InChI=1S/C23H19N3O2/c1-15-21(23(27)26-20-9-5-6-14-24-20)18-7-3-4-8-19(18)25-22(15)16-10-12-17(28-2)13-11-16/h3-14H,1-2H3,(H,24,26,27). The maximum absolute atomic E-state index is 13.1. The Hall–Kier alpha value is -3.73. The highest BCUT2D eigenvalue weighted by Crippen LogP contribution is 2.31. The molecule has 0 aliphatic carbocycles. The normalized spacial score (nSPS) is 10.6. The second-order valence-corrected chi connectivity index (χ2v) is 6.38. The molecule has 0 radical (unpaired) electrons. The maximum Gasteiger partial charge on any atom is 0.257 e. The number of carbonyl (C=O) groups excluding carboxylic acids is 1. The quantitative estimate of drug-likeness (QED) is 0.558. The number of rotatable bonds is 4. The van der Waals surface area contributed by atoms with Gasteiger partial charge in [-0.25, -0.2) is 9.97 Å². The summed E-state index contributed by atoms with van der Waals surface area (Å²) in [6.07, 6.45) is 1.65. The molecular formula is C23H19N3O2. The zero-order valence-electron chi connectivity index (χ0n) is 15.6. The molecule has 0 unspecified atom stereocenters. The van der Waals surface area contributed by atoms with E-state index in [0.717, 1.165) is 33.5 Å². The number of hydrogen-bond donors (Lipinski definition) is 1. The van der Waals surface area contributed by atoms with Gasteiger partial charge < -0.3 is 10.1 Å². The van der Waals surface area contributed by atoms with Crippen LogP contribution in [0.1, 0.15) is 15.9 Å². The molecule has 0 saturated heterocycles. The zero-order valence-corrected chi connectivity index (χ0v) is 15.6. The van der Waals surface area contributed by atoms with Crippen molar-refractivity contribution >= 4 is 22.6 Å². The van der Waals surface area contributed by atoms with Crippen molar-refractivity contribution in [2.75, 3.05) is 12.4 Å². The van der Waals surface area contributed by atoms with E-state index in [9.17, 15) is 4.79 Å². The molecule has 4 aromatic rings. The average molecular weight is 369 g/mol. The Bertz CT molecular complexity index is 1140. The Labute approximate surface area is 163 Å². The lowest BCUT2D eigenvalue weighted by Gasteiger charge is -2.15. The Morgan fingerprint density at radius 1 is 0.964 bits per heavy atom. The Balaban J connectivity index is 1.86.